The lowest BCUT2D eigenvalue weighted by Gasteiger charge is -2.36. The van der Waals surface area contributed by atoms with Gasteiger partial charge in [-0.1, -0.05) is 24.3 Å². The van der Waals surface area contributed by atoms with Gasteiger partial charge < -0.3 is 19.5 Å². The van der Waals surface area contributed by atoms with Crippen molar-refractivity contribution in [1.29, 1.82) is 0 Å². The minimum absolute atomic E-state index is 0.100. The summed E-state index contributed by atoms with van der Waals surface area (Å²) in [5.74, 6) is -0.869. The van der Waals surface area contributed by atoms with Gasteiger partial charge in [0.25, 0.3) is 0 Å². The zero-order valence-corrected chi connectivity index (χ0v) is 19.7. The Morgan fingerprint density at radius 3 is 2.50 bits per heavy atom. The standard InChI is InChI=1S/C27H28FNO5/c1-5-34-27(31)24-15(2)29-20-12-17(16-10-11-22(32-3)23(14-16)33-4)13-21(30)26(20)25(24)18-8-6-7-9-19(18)28/h6-11,14,17,25,29H,5,12-13H2,1-4H3/t17-,25+/m1/s1. The highest BCUT2D eigenvalue weighted by atomic mass is 19.1. The van der Waals surface area contributed by atoms with Gasteiger partial charge in [0.2, 0.25) is 0 Å². The first-order valence-corrected chi connectivity index (χ1v) is 11.3. The third-order valence-electron chi connectivity index (χ3n) is 6.42. The van der Waals surface area contributed by atoms with E-state index in [1.165, 1.54) is 6.07 Å². The lowest BCUT2D eigenvalue weighted by Crippen LogP contribution is -2.36. The Morgan fingerprint density at radius 2 is 1.82 bits per heavy atom. The molecule has 0 saturated carbocycles. The van der Waals surface area contributed by atoms with Crippen molar-refractivity contribution in [3.63, 3.8) is 0 Å². The van der Waals surface area contributed by atoms with E-state index in [1.807, 2.05) is 18.2 Å². The molecule has 0 radical (unpaired) electrons. The van der Waals surface area contributed by atoms with Crippen LogP contribution in [0.3, 0.4) is 0 Å². The second kappa shape index (κ2) is 9.71. The van der Waals surface area contributed by atoms with Crippen molar-refractivity contribution in [3.8, 4) is 11.5 Å². The van der Waals surface area contributed by atoms with E-state index in [2.05, 4.69) is 5.32 Å². The van der Waals surface area contributed by atoms with Crippen LogP contribution in [0.15, 0.2) is 65.0 Å². The number of methoxy groups -OCH3 is 2. The fraction of sp³-hybridized carbons (Fsp3) is 0.333. The smallest absolute Gasteiger partial charge is 0.336 e. The average Bonchev–Trinajstić information content (AvgIpc) is 2.83. The molecule has 4 rings (SSSR count). The quantitative estimate of drug-likeness (QED) is 0.620. The molecule has 1 heterocycles. The van der Waals surface area contributed by atoms with Gasteiger partial charge >= 0.3 is 5.97 Å². The lowest BCUT2D eigenvalue weighted by atomic mass is 9.71. The highest BCUT2D eigenvalue weighted by Gasteiger charge is 2.42. The molecule has 2 aromatic carbocycles. The first kappa shape index (κ1) is 23.5. The number of benzene rings is 2. The SMILES string of the molecule is CCOC(=O)C1=C(C)NC2=C(C(=O)C[C@H](c3ccc(OC)c(OC)c3)C2)[C@H]1c1ccccc1F. The largest absolute Gasteiger partial charge is 0.493 e. The summed E-state index contributed by atoms with van der Waals surface area (Å²) >= 11 is 0. The summed E-state index contributed by atoms with van der Waals surface area (Å²) in [6, 6.07) is 11.9. The minimum atomic E-state index is -0.824. The van der Waals surface area contributed by atoms with Gasteiger partial charge in [0.1, 0.15) is 5.82 Å². The van der Waals surface area contributed by atoms with E-state index in [0.717, 1.165) is 5.56 Å². The lowest BCUT2D eigenvalue weighted by molar-refractivity contribution is -0.138. The predicted octanol–water partition coefficient (Wildman–Crippen LogP) is 4.77. The summed E-state index contributed by atoms with van der Waals surface area (Å²) in [5, 5.41) is 3.27. The number of allylic oxidation sites excluding steroid dienone is 3. The minimum Gasteiger partial charge on any atom is -0.493 e. The summed E-state index contributed by atoms with van der Waals surface area (Å²) in [6.45, 7) is 3.65. The maximum absolute atomic E-state index is 15.0. The summed E-state index contributed by atoms with van der Waals surface area (Å²) in [6.07, 6.45) is 0.769. The van der Waals surface area contributed by atoms with Crippen molar-refractivity contribution in [2.24, 2.45) is 0 Å². The number of ether oxygens (including phenoxy) is 3. The van der Waals surface area contributed by atoms with E-state index in [4.69, 9.17) is 14.2 Å². The van der Waals surface area contributed by atoms with Crippen LogP contribution >= 0.6 is 0 Å². The molecule has 6 nitrogen and oxygen atoms in total. The van der Waals surface area contributed by atoms with Gasteiger partial charge in [0.05, 0.1) is 32.3 Å². The van der Waals surface area contributed by atoms with E-state index < -0.39 is 17.7 Å². The number of dihydropyridines is 1. The van der Waals surface area contributed by atoms with Crippen LogP contribution in [0.25, 0.3) is 0 Å². The second-order valence-electron chi connectivity index (χ2n) is 8.37. The van der Waals surface area contributed by atoms with E-state index in [-0.39, 0.29) is 35.9 Å². The molecule has 0 aromatic heterocycles. The molecule has 0 fully saturated rings. The third kappa shape index (κ3) is 4.18. The molecular weight excluding hydrogens is 437 g/mol. The maximum Gasteiger partial charge on any atom is 0.336 e. The summed E-state index contributed by atoms with van der Waals surface area (Å²) < 4.78 is 31.0. The van der Waals surface area contributed by atoms with Crippen molar-refractivity contribution in [2.75, 3.05) is 20.8 Å². The maximum atomic E-state index is 15.0. The highest BCUT2D eigenvalue weighted by molar-refractivity contribution is 6.04. The van der Waals surface area contributed by atoms with Gasteiger partial charge in [0.15, 0.2) is 17.3 Å². The monoisotopic (exact) mass is 465 g/mol. The van der Waals surface area contributed by atoms with E-state index in [0.29, 0.717) is 34.9 Å². The van der Waals surface area contributed by atoms with E-state index >= 15 is 0 Å². The number of carbonyl (C=O) groups excluding carboxylic acids is 2. The Labute approximate surface area is 198 Å². The fourth-order valence-corrected chi connectivity index (χ4v) is 4.88. The number of Topliss-reactive ketones (excluding diaryl/α,β-unsaturated/α-hetero) is 1. The first-order valence-electron chi connectivity index (χ1n) is 11.3. The van der Waals surface area contributed by atoms with Crippen molar-refractivity contribution < 1.29 is 28.2 Å². The summed E-state index contributed by atoms with van der Waals surface area (Å²) in [5.41, 5.74) is 3.19. The molecule has 2 aromatic rings. The summed E-state index contributed by atoms with van der Waals surface area (Å²) in [7, 11) is 3.14. The molecule has 0 bridgehead atoms. The van der Waals surface area contributed by atoms with Crippen molar-refractivity contribution >= 4 is 11.8 Å². The van der Waals surface area contributed by atoms with Crippen LogP contribution < -0.4 is 14.8 Å². The molecular formula is C27H28FNO5. The topological polar surface area (TPSA) is 73.9 Å². The highest BCUT2D eigenvalue weighted by Crippen LogP contribution is 2.46. The normalized spacial score (nSPS) is 20.0. The summed E-state index contributed by atoms with van der Waals surface area (Å²) in [4.78, 5) is 26.5. The number of halogens is 1. The number of rotatable bonds is 6. The average molecular weight is 466 g/mol. The Balaban J connectivity index is 1.79. The van der Waals surface area contributed by atoms with Gasteiger partial charge in [-0.3, -0.25) is 4.79 Å². The van der Waals surface area contributed by atoms with Crippen LogP contribution in [0.5, 0.6) is 11.5 Å². The Morgan fingerprint density at radius 1 is 1.09 bits per heavy atom. The van der Waals surface area contributed by atoms with Crippen LogP contribution in [-0.4, -0.2) is 32.6 Å². The fourth-order valence-electron chi connectivity index (χ4n) is 4.88. The molecule has 0 saturated heterocycles. The predicted molar refractivity (Wildman–Crippen MR) is 125 cm³/mol. The number of ketones is 1. The van der Waals surface area contributed by atoms with Crippen LogP contribution in [-0.2, 0) is 14.3 Å². The van der Waals surface area contributed by atoms with Crippen LogP contribution in [0.4, 0.5) is 4.39 Å². The number of esters is 1. The van der Waals surface area contributed by atoms with Crippen molar-refractivity contribution in [1.82, 2.24) is 5.32 Å². The van der Waals surface area contributed by atoms with Gasteiger partial charge in [-0.2, -0.15) is 0 Å². The van der Waals surface area contributed by atoms with Gasteiger partial charge in [-0.25, -0.2) is 9.18 Å². The second-order valence-corrected chi connectivity index (χ2v) is 8.37. The third-order valence-corrected chi connectivity index (χ3v) is 6.42. The van der Waals surface area contributed by atoms with Gasteiger partial charge in [-0.15, -0.1) is 0 Å². The van der Waals surface area contributed by atoms with Gasteiger partial charge in [0, 0.05) is 29.0 Å². The number of carbonyl (C=O) groups is 2. The molecule has 0 amide bonds. The van der Waals surface area contributed by atoms with E-state index in [1.54, 1.807) is 46.3 Å². The Bertz CT molecular complexity index is 1200. The van der Waals surface area contributed by atoms with Crippen molar-refractivity contribution in [2.45, 2.75) is 38.5 Å². The molecule has 2 atom stereocenters. The molecule has 1 aliphatic heterocycles. The molecule has 34 heavy (non-hydrogen) atoms. The van der Waals surface area contributed by atoms with Gasteiger partial charge in [-0.05, 0) is 49.9 Å². The Hall–Kier alpha value is -3.61. The van der Waals surface area contributed by atoms with E-state index in [9.17, 15) is 14.0 Å². The first-order chi connectivity index (χ1) is 16.4. The molecule has 178 valence electrons. The van der Waals surface area contributed by atoms with Crippen LogP contribution in [0.2, 0.25) is 0 Å². The van der Waals surface area contributed by atoms with Crippen LogP contribution in [0.1, 0.15) is 49.7 Å². The number of hydrogen-bond acceptors (Lipinski definition) is 6. The molecule has 0 unspecified atom stereocenters. The number of nitrogens with one attached hydrogen (secondary N) is 1. The zero-order valence-electron chi connectivity index (χ0n) is 19.7. The number of hydrogen-bond donors (Lipinski definition) is 1. The molecule has 1 aliphatic carbocycles. The Kier molecular flexibility index (Phi) is 6.72. The zero-order chi connectivity index (χ0) is 24.4. The molecule has 1 N–H and O–H groups in total. The molecule has 0 spiro atoms. The molecule has 2 aliphatic rings. The van der Waals surface area contributed by atoms with Crippen molar-refractivity contribution in [3.05, 3.63) is 81.9 Å². The molecule has 7 heteroatoms. The van der Waals surface area contributed by atoms with Crippen LogP contribution in [0, 0.1) is 5.82 Å².